The van der Waals surface area contributed by atoms with Crippen LogP contribution in [0.4, 0.5) is 0 Å². The molecule has 0 saturated carbocycles. The van der Waals surface area contributed by atoms with Crippen molar-refractivity contribution in [3.63, 3.8) is 0 Å². The van der Waals surface area contributed by atoms with Gasteiger partial charge in [-0.3, -0.25) is 4.79 Å². The molecule has 2 aromatic carbocycles. The van der Waals surface area contributed by atoms with Crippen LogP contribution in [0.3, 0.4) is 0 Å². The maximum absolute atomic E-state index is 12.7. The van der Waals surface area contributed by atoms with Crippen LogP contribution in [0.5, 0.6) is 17.2 Å². The molecule has 5 nitrogen and oxygen atoms in total. The standard InChI is InChI=1S/C20H24ClNO4/c1-5-18(26-16-8-6-7-14(21)11-16)20(23)22-13(2)17-12-15(24-3)9-10-19(17)25-4/h6-13,18H,5H2,1-4H3,(H,22,23)/t13-,18+/m1/s1. The summed E-state index contributed by atoms with van der Waals surface area (Å²) in [6.45, 7) is 3.78. The van der Waals surface area contributed by atoms with Crippen molar-refractivity contribution in [1.82, 2.24) is 5.32 Å². The lowest BCUT2D eigenvalue weighted by atomic mass is 10.1. The summed E-state index contributed by atoms with van der Waals surface area (Å²) in [6, 6.07) is 12.2. The van der Waals surface area contributed by atoms with Crippen LogP contribution in [0.15, 0.2) is 42.5 Å². The highest BCUT2D eigenvalue weighted by Gasteiger charge is 2.22. The predicted octanol–water partition coefficient (Wildman–Crippen LogP) is 4.39. The Balaban J connectivity index is 2.11. The van der Waals surface area contributed by atoms with Gasteiger partial charge in [0.05, 0.1) is 20.3 Å². The number of hydrogen-bond donors (Lipinski definition) is 1. The highest BCUT2D eigenvalue weighted by molar-refractivity contribution is 6.30. The zero-order valence-electron chi connectivity index (χ0n) is 15.4. The number of ether oxygens (including phenoxy) is 3. The number of carbonyl (C=O) groups excluding carboxylic acids is 1. The van der Waals surface area contributed by atoms with E-state index in [0.29, 0.717) is 28.7 Å². The van der Waals surface area contributed by atoms with Gasteiger partial charge in [0.2, 0.25) is 0 Å². The normalized spacial score (nSPS) is 12.8. The van der Waals surface area contributed by atoms with E-state index in [1.54, 1.807) is 38.5 Å². The van der Waals surface area contributed by atoms with Gasteiger partial charge in [0.15, 0.2) is 6.10 Å². The quantitative estimate of drug-likeness (QED) is 0.741. The maximum atomic E-state index is 12.7. The van der Waals surface area contributed by atoms with Crippen molar-refractivity contribution in [1.29, 1.82) is 0 Å². The third-order valence-corrected chi connectivity index (χ3v) is 4.23. The Morgan fingerprint density at radius 3 is 2.50 bits per heavy atom. The summed E-state index contributed by atoms with van der Waals surface area (Å²) in [5.74, 6) is 1.74. The maximum Gasteiger partial charge on any atom is 0.261 e. The summed E-state index contributed by atoms with van der Waals surface area (Å²) < 4.78 is 16.4. The summed E-state index contributed by atoms with van der Waals surface area (Å²) in [4.78, 5) is 12.7. The highest BCUT2D eigenvalue weighted by Crippen LogP contribution is 2.29. The summed E-state index contributed by atoms with van der Waals surface area (Å²) >= 11 is 5.97. The average Bonchev–Trinajstić information content (AvgIpc) is 2.65. The summed E-state index contributed by atoms with van der Waals surface area (Å²) in [7, 11) is 3.19. The first-order chi connectivity index (χ1) is 12.5. The van der Waals surface area contributed by atoms with E-state index in [2.05, 4.69) is 5.32 Å². The van der Waals surface area contributed by atoms with Gasteiger partial charge in [0.1, 0.15) is 17.2 Å². The largest absolute Gasteiger partial charge is 0.497 e. The molecule has 0 aromatic heterocycles. The minimum absolute atomic E-state index is 0.204. The number of carbonyl (C=O) groups is 1. The van der Waals surface area contributed by atoms with Gasteiger partial charge in [-0.2, -0.15) is 0 Å². The zero-order valence-corrected chi connectivity index (χ0v) is 16.2. The smallest absolute Gasteiger partial charge is 0.261 e. The van der Waals surface area contributed by atoms with E-state index in [9.17, 15) is 4.79 Å². The first-order valence-corrected chi connectivity index (χ1v) is 8.80. The average molecular weight is 378 g/mol. The van der Waals surface area contributed by atoms with E-state index in [1.807, 2.05) is 32.0 Å². The van der Waals surface area contributed by atoms with Crippen LogP contribution < -0.4 is 19.5 Å². The van der Waals surface area contributed by atoms with Crippen molar-refractivity contribution >= 4 is 17.5 Å². The molecule has 0 aliphatic rings. The summed E-state index contributed by atoms with van der Waals surface area (Å²) in [5.41, 5.74) is 0.831. The van der Waals surface area contributed by atoms with Gasteiger partial charge in [-0.05, 0) is 49.7 Å². The Hall–Kier alpha value is -2.40. The van der Waals surface area contributed by atoms with Crippen LogP contribution in [0, 0.1) is 0 Å². The van der Waals surface area contributed by atoms with Gasteiger partial charge in [-0.1, -0.05) is 24.6 Å². The third-order valence-electron chi connectivity index (χ3n) is 4.00. The van der Waals surface area contributed by atoms with Crippen molar-refractivity contribution in [2.24, 2.45) is 0 Å². The van der Waals surface area contributed by atoms with Crippen LogP contribution in [0.2, 0.25) is 5.02 Å². The topological polar surface area (TPSA) is 56.8 Å². The number of methoxy groups -OCH3 is 2. The molecule has 140 valence electrons. The van der Waals surface area contributed by atoms with Crippen LogP contribution in [0.1, 0.15) is 31.9 Å². The number of halogens is 1. The van der Waals surface area contributed by atoms with Crippen LogP contribution in [-0.2, 0) is 4.79 Å². The van der Waals surface area contributed by atoms with Crippen LogP contribution >= 0.6 is 11.6 Å². The lowest BCUT2D eigenvalue weighted by Crippen LogP contribution is -2.39. The molecule has 2 rings (SSSR count). The fourth-order valence-electron chi connectivity index (χ4n) is 2.59. The Morgan fingerprint density at radius 2 is 1.88 bits per heavy atom. The van der Waals surface area contributed by atoms with Crippen molar-refractivity contribution < 1.29 is 19.0 Å². The molecule has 0 fully saturated rings. The molecule has 0 radical (unpaired) electrons. The number of benzene rings is 2. The Morgan fingerprint density at radius 1 is 1.12 bits per heavy atom. The van der Waals surface area contributed by atoms with E-state index < -0.39 is 6.10 Å². The fourth-order valence-corrected chi connectivity index (χ4v) is 2.77. The second kappa shape index (κ2) is 9.34. The molecule has 2 atom stereocenters. The Bertz CT molecular complexity index is 750. The summed E-state index contributed by atoms with van der Waals surface area (Å²) in [5, 5.41) is 3.54. The molecule has 0 aliphatic carbocycles. The highest BCUT2D eigenvalue weighted by atomic mass is 35.5. The van der Waals surface area contributed by atoms with Crippen LogP contribution in [-0.4, -0.2) is 26.2 Å². The second-order valence-electron chi connectivity index (χ2n) is 5.81. The van der Waals surface area contributed by atoms with Crippen molar-refractivity contribution in [3.05, 3.63) is 53.1 Å². The molecule has 0 heterocycles. The van der Waals surface area contributed by atoms with Crippen molar-refractivity contribution in [2.45, 2.75) is 32.4 Å². The monoisotopic (exact) mass is 377 g/mol. The van der Waals surface area contributed by atoms with E-state index in [1.165, 1.54) is 0 Å². The van der Waals surface area contributed by atoms with E-state index >= 15 is 0 Å². The SMILES string of the molecule is CC[C@H](Oc1cccc(Cl)c1)C(=O)N[C@H](C)c1cc(OC)ccc1OC. The molecule has 0 unspecified atom stereocenters. The van der Waals surface area contributed by atoms with E-state index in [4.69, 9.17) is 25.8 Å². The zero-order chi connectivity index (χ0) is 19.1. The molecule has 0 aliphatic heterocycles. The molecule has 1 amide bonds. The lowest BCUT2D eigenvalue weighted by molar-refractivity contribution is -0.128. The van der Waals surface area contributed by atoms with Crippen molar-refractivity contribution in [2.75, 3.05) is 14.2 Å². The number of amides is 1. The molecular weight excluding hydrogens is 354 g/mol. The molecule has 26 heavy (non-hydrogen) atoms. The van der Waals surface area contributed by atoms with Crippen LogP contribution in [0.25, 0.3) is 0 Å². The molecule has 2 aromatic rings. The van der Waals surface area contributed by atoms with Gasteiger partial charge < -0.3 is 19.5 Å². The summed E-state index contributed by atoms with van der Waals surface area (Å²) in [6.07, 6.45) is -0.0899. The van der Waals surface area contributed by atoms with Gasteiger partial charge >= 0.3 is 0 Å². The third kappa shape index (κ3) is 5.05. The minimum Gasteiger partial charge on any atom is -0.497 e. The number of rotatable bonds is 8. The van der Waals surface area contributed by atoms with Gasteiger partial charge in [-0.25, -0.2) is 0 Å². The Kier molecular flexibility index (Phi) is 7.16. The number of nitrogens with one attached hydrogen (secondary N) is 1. The fraction of sp³-hybridized carbons (Fsp3) is 0.350. The van der Waals surface area contributed by atoms with Gasteiger partial charge in [0.25, 0.3) is 5.91 Å². The van der Waals surface area contributed by atoms with E-state index in [0.717, 1.165) is 5.56 Å². The van der Waals surface area contributed by atoms with Gasteiger partial charge in [-0.15, -0.1) is 0 Å². The van der Waals surface area contributed by atoms with Crippen molar-refractivity contribution in [3.8, 4) is 17.2 Å². The van der Waals surface area contributed by atoms with E-state index in [-0.39, 0.29) is 11.9 Å². The first kappa shape index (κ1) is 19.9. The Labute approximate surface area is 159 Å². The minimum atomic E-state index is -0.618. The lowest BCUT2D eigenvalue weighted by Gasteiger charge is -2.22. The molecular formula is C20H24ClNO4. The molecule has 0 spiro atoms. The second-order valence-corrected chi connectivity index (χ2v) is 6.25. The van der Waals surface area contributed by atoms with Gasteiger partial charge in [0, 0.05) is 10.6 Å². The molecule has 1 N–H and O–H groups in total. The first-order valence-electron chi connectivity index (χ1n) is 8.43. The molecule has 0 saturated heterocycles. The molecule has 6 heteroatoms. The molecule has 0 bridgehead atoms. The number of hydrogen-bond acceptors (Lipinski definition) is 4. The predicted molar refractivity (Wildman–Crippen MR) is 102 cm³/mol.